The Kier molecular flexibility index (Phi) is 4.78. The van der Waals surface area contributed by atoms with Crippen LogP contribution in [0.2, 0.25) is 0 Å². The summed E-state index contributed by atoms with van der Waals surface area (Å²) in [5, 5.41) is 4.83. The van der Waals surface area contributed by atoms with E-state index in [1.165, 1.54) is 10.9 Å². The van der Waals surface area contributed by atoms with Crippen LogP contribution in [0, 0.1) is 0 Å². The van der Waals surface area contributed by atoms with E-state index in [9.17, 15) is 0 Å². The standard InChI is InChI=1S/C17H24N2O2/c1-2-21-17-5-3-4-16-15(17)6-10-19(16)11-9-18-14-7-12-20-13-8-14/h3-6,10,14,18H,2,7-9,11-13H2,1H3. The SMILES string of the molecule is CCOc1cccc2c1ccn2CCNC1CCOCC1. The van der Waals surface area contributed by atoms with E-state index in [0.29, 0.717) is 12.6 Å². The first-order valence-electron chi connectivity index (χ1n) is 7.90. The Morgan fingerprint density at radius 2 is 2.14 bits per heavy atom. The Morgan fingerprint density at radius 3 is 2.95 bits per heavy atom. The van der Waals surface area contributed by atoms with Gasteiger partial charge in [-0.15, -0.1) is 0 Å². The second-order valence-electron chi connectivity index (χ2n) is 5.47. The summed E-state index contributed by atoms with van der Waals surface area (Å²) in [6, 6.07) is 9.02. The molecule has 1 saturated heterocycles. The van der Waals surface area contributed by atoms with Gasteiger partial charge in [-0.3, -0.25) is 0 Å². The molecule has 0 spiro atoms. The molecule has 0 atom stereocenters. The molecule has 21 heavy (non-hydrogen) atoms. The van der Waals surface area contributed by atoms with Gasteiger partial charge in [0.2, 0.25) is 0 Å². The van der Waals surface area contributed by atoms with E-state index in [-0.39, 0.29) is 0 Å². The Labute approximate surface area is 126 Å². The van der Waals surface area contributed by atoms with Crippen LogP contribution < -0.4 is 10.1 Å². The lowest BCUT2D eigenvalue weighted by Crippen LogP contribution is -2.36. The quantitative estimate of drug-likeness (QED) is 0.888. The van der Waals surface area contributed by atoms with Crippen LogP contribution in [0.25, 0.3) is 10.9 Å². The molecular weight excluding hydrogens is 264 g/mol. The van der Waals surface area contributed by atoms with Gasteiger partial charge < -0.3 is 19.4 Å². The van der Waals surface area contributed by atoms with Gasteiger partial charge in [0, 0.05) is 43.9 Å². The highest BCUT2D eigenvalue weighted by molar-refractivity contribution is 5.86. The Bertz CT molecular complexity index is 573. The van der Waals surface area contributed by atoms with Crippen LogP contribution in [0.3, 0.4) is 0 Å². The van der Waals surface area contributed by atoms with Crippen LogP contribution >= 0.6 is 0 Å². The van der Waals surface area contributed by atoms with Gasteiger partial charge in [0.05, 0.1) is 12.1 Å². The van der Waals surface area contributed by atoms with E-state index in [1.807, 2.05) is 13.0 Å². The zero-order valence-electron chi connectivity index (χ0n) is 12.7. The van der Waals surface area contributed by atoms with Crippen molar-refractivity contribution in [2.24, 2.45) is 0 Å². The van der Waals surface area contributed by atoms with Crippen molar-refractivity contribution < 1.29 is 9.47 Å². The molecule has 0 aliphatic carbocycles. The molecule has 1 aliphatic rings. The number of nitrogens with one attached hydrogen (secondary N) is 1. The number of aromatic nitrogens is 1. The van der Waals surface area contributed by atoms with Gasteiger partial charge in [-0.2, -0.15) is 0 Å². The number of nitrogens with zero attached hydrogens (tertiary/aromatic N) is 1. The summed E-state index contributed by atoms with van der Waals surface area (Å²) < 4.78 is 13.4. The highest BCUT2D eigenvalue weighted by atomic mass is 16.5. The smallest absolute Gasteiger partial charge is 0.128 e. The zero-order valence-corrected chi connectivity index (χ0v) is 12.7. The molecule has 2 heterocycles. The molecule has 0 radical (unpaired) electrons. The van der Waals surface area contributed by atoms with Crippen molar-refractivity contribution >= 4 is 10.9 Å². The fourth-order valence-corrected chi connectivity index (χ4v) is 2.96. The third-order valence-corrected chi connectivity index (χ3v) is 4.08. The van der Waals surface area contributed by atoms with Crippen molar-refractivity contribution in [1.82, 2.24) is 9.88 Å². The summed E-state index contributed by atoms with van der Waals surface area (Å²) in [4.78, 5) is 0. The number of benzene rings is 1. The minimum absolute atomic E-state index is 0.611. The predicted octanol–water partition coefficient (Wildman–Crippen LogP) is 2.81. The Hall–Kier alpha value is -1.52. The third kappa shape index (κ3) is 3.39. The predicted molar refractivity (Wildman–Crippen MR) is 85.0 cm³/mol. The Morgan fingerprint density at radius 1 is 1.29 bits per heavy atom. The van der Waals surface area contributed by atoms with Gasteiger partial charge in [0.1, 0.15) is 5.75 Å². The maximum absolute atomic E-state index is 5.69. The molecule has 0 saturated carbocycles. The number of hydrogen-bond donors (Lipinski definition) is 1. The molecule has 1 aromatic carbocycles. The van der Waals surface area contributed by atoms with Crippen molar-refractivity contribution in [3.63, 3.8) is 0 Å². The summed E-state index contributed by atoms with van der Waals surface area (Å²) >= 11 is 0. The lowest BCUT2D eigenvalue weighted by molar-refractivity contribution is 0.0779. The molecule has 114 valence electrons. The van der Waals surface area contributed by atoms with E-state index in [2.05, 4.69) is 34.3 Å². The summed E-state index contributed by atoms with van der Waals surface area (Å²) in [6.07, 6.45) is 4.40. The molecule has 2 aromatic rings. The third-order valence-electron chi connectivity index (χ3n) is 4.08. The summed E-state index contributed by atoms with van der Waals surface area (Å²) in [5.74, 6) is 0.978. The number of fused-ring (bicyclic) bond motifs is 1. The molecular formula is C17H24N2O2. The molecule has 0 bridgehead atoms. The summed E-state index contributed by atoms with van der Waals surface area (Å²) in [5.41, 5.74) is 1.25. The molecule has 1 aliphatic heterocycles. The molecule has 3 rings (SSSR count). The van der Waals surface area contributed by atoms with Gasteiger partial charge in [-0.1, -0.05) is 6.07 Å². The molecule has 1 aromatic heterocycles. The summed E-state index contributed by atoms with van der Waals surface area (Å²) in [7, 11) is 0. The fraction of sp³-hybridized carbons (Fsp3) is 0.529. The lowest BCUT2D eigenvalue weighted by atomic mass is 10.1. The second kappa shape index (κ2) is 6.96. The lowest BCUT2D eigenvalue weighted by Gasteiger charge is -2.23. The molecule has 1 fully saturated rings. The van der Waals surface area contributed by atoms with Crippen LogP contribution in [0.15, 0.2) is 30.5 Å². The molecule has 4 nitrogen and oxygen atoms in total. The van der Waals surface area contributed by atoms with E-state index in [4.69, 9.17) is 9.47 Å². The number of rotatable bonds is 6. The van der Waals surface area contributed by atoms with Crippen LogP contribution in [0.1, 0.15) is 19.8 Å². The average molecular weight is 288 g/mol. The van der Waals surface area contributed by atoms with Crippen LogP contribution in [-0.2, 0) is 11.3 Å². The van der Waals surface area contributed by atoms with E-state index >= 15 is 0 Å². The van der Waals surface area contributed by atoms with Gasteiger partial charge in [-0.25, -0.2) is 0 Å². The topological polar surface area (TPSA) is 35.4 Å². The maximum atomic E-state index is 5.69. The van der Waals surface area contributed by atoms with E-state index in [0.717, 1.165) is 44.9 Å². The first-order valence-corrected chi connectivity index (χ1v) is 7.90. The monoisotopic (exact) mass is 288 g/mol. The van der Waals surface area contributed by atoms with Crippen molar-refractivity contribution in [2.75, 3.05) is 26.4 Å². The minimum atomic E-state index is 0.611. The molecule has 0 unspecified atom stereocenters. The largest absolute Gasteiger partial charge is 0.493 e. The second-order valence-corrected chi connectivity index (χ2v) is 5.47. The van der Waals surface area contributed by atoms with Gasteiger partial charge in [0.15, 0.2) is 0 Å². The zero-order chi connectivity index (χ0) is 14.5. The van der Waals surface area contributed by atoms with Crippen molar-refractivity contribution in [1.29, 1.82) is 0 Å². The molecule has 4 heteroatoms. The van der Waals surface area contributed by atoms with Crippen LogP contribution in [-0.4, -0.2) is 37.0 Å². The van der Waals surface area contributed by atoms with E-state index < -0.39 is 0 Å². The van der Waals surface area contributed by atoms with Gasteiger partial charge in [0.25, 0.3) is 0 Å². The first-order chi connectivity index (χ1) is 10.4. The minimum Gasteiger partial charge on any atom is -0.493 e. The van der Waals surface area contributed by atoms with Crippen LogP contribution in [0.4, 0.5) is 0 Å². The van der Waals surface area contributed by atoms with Crippen LogP contribution in [0.5, 0.6) is 5.75 Å². The van der Waals surface area contributed by atoms with Gasteiger partial charge >= 0.3 is 0 Å². The Balaban J connectivity index is 1.63. The van der Waals surface area contributed by atoms with Gasteiger partial charge in [-0.05, 0) is 38.0 Å². The first kappa shape index (κ1) is 14.4. The van der Waals surface area contributed by atoms with Crippen molar-refractivity contribution in [3.8, 4) is 5.75 Å². The maximum Gasteiger partial charge on any atom is 0.128 e. The number of ether oxygens (including phenoxy) is 2. The average Bonchev–Trinajstić information content (AvgIpc) is 2.93. The molecule has 0 amide bonds. The van der Waals surface area contributed by atoms with E-state index in [1.54, 1.807) is 0 Å². The highest BCUT2D eigenvalue weighted by Gasteiger charge is 2.12. The highest BCUT2D eigenvalue weighted by Crippen LogP contribution is 2.26. The summed E-state index contributed by atoms with van der Waals surface area (Å²) in [6.45, 7) is 6.48. The fourth-order valence-electron chi connectivity index (χ4n) is 2.96. The normalized spacial score (nSPS) is 16.4. The molecule has 1 N–H and O–H groups in total. The number of hydrogen-bond acceptors (Lipinski definition) is 3. The van der Waals surface area contributed by atoms with Crippen molar-refractivity contribution in [2.45, 2.75) is 32.4 Å². The van der Waals surface area contributed by atoms with Crippen molar-refractivity contribution in [3.05, 3.63) is 30.5 Å².